The van der Waals surface area contributed by atoms with Crippen molar-refractivity contribution in [1.29, 1.82) is 0 Å². The minimum atomic E-state index is -0.156. The molecule has 0 aliphatic heterocycles. The Morgan fingerprint density at radius 3 is 2.62 bits per heavy atom. The molecule has 0 heterocycles. The van der Waals surface area contributed by atoms with Gasteiger partial charge in [-0.05, 0) is 43.8 Å². The van der Waals surface area contributed by atoms with Gasteiger partial charge in [0.1, 0.15) is 5.75 Å². The first kappa shape index (κ1) is 18.6. The number of rotatable bonds is 6. The summed E-state index contributed by atoms with van der Waals surface area (Å²) in [5.41, 5.74) is 1.53. The number of halogens is 2. The number of methoxy groups -OCH3 is 1. The Morgan fingerprint density at radius 2 is 1.96 bits per heavy atom. The van der Waals surface area contributed by atoms with Gasteiger partial charge in [-0.15, -0.1) is 0 Å². The molecule has 1 atom stereocenters. The van der Waals surface area contributed by atoms with Crippen LogP contribution in [0.15, 0.2) is 42.5 Å². The molecule has 4 nitrogen and oxygen atoms in total. The lowest BCUT2D eigenvalue weighted by Crippen LogP contribution is -2.32. The molecular formula is C18H20Cl2N2O2. The number of hydrogen-bond acceptors (Lipinski definition) is 3. The maximum atomic E-state index is 12.3. The van der Waals surface area contributed by atoms with Crippen LogP contribution in [0.3, 0.4) is 0 Å². The maximum absolute atomic E-state index is 12.3. The number of carbonyl (C=O) groups excluding carboxylic acids is 1. The minimum absolute atomic E-state index is 0.00528. The molecule has 1 unspecified atom stereocenters. The van der Waals surface area contributed by atoms with Gasteiger partial charge in [-0.2, -0.15) is 0 Å². The van der Waals surface area contributed by atoms with E-state index < -0.39 is 0 Å². The summed E-state index contributed by atoms with van der Waals surface area (Å²) in [7, 11) is 3.42. The first-order valence-electron chi connectivity index (χ1n) is 7.50. The van der Waals surface area contributed by atoms with E-state index >= 15 is 0 Å². The van der Waals surface area contributed by atoms with E-state index in [2.05, 4.69) is 5.32 Å². The van der Waals surface area contributed by atoms with E-state index in [0.29, 0.717) is 21.5 Å². The van der Waals surface area contributed by atoms with E-state index in [1.807, 2.05) is 43.1 Å². The minimum Gasteiger partial charge on any atom is -0.495 e. The lowest BCUT2D eigenvalue weighted by molar-refractivity contribution is -0.117. The Balaban J connectivity index is 2.04. The van der Waals surface area contributed by atoms with Gasteiger partial charge in [-0.1, -0.05) is 41.4 Å². The van der Waals surface area contributed by atoms with Gasteiger partial charge < -0.3 is 10.1 Å². The number of hydrogen-bond donors (Lipinski definition) is 1. The molecule has 0 aromatic heterocycles. The molecule has 6 heteroatoms. The SMILES string of the molecule is COc1ccc(Cl)cc1NC(=O)CN(C)C(C)c1ccccc1Cl. The zero-order chi connectivity index (χ0) is 17.7. The summed E-state index contributed by atoms with van der Waals surface area (Å²) < 4.78 is 5.23. The number of benzene rings is 2. The molecule has 2 rings (SSSR count). The van der Waals surface area contributed by atoms with Crippen LogP contribution in [0.5, 0.6) is 5.75 Å². The van der Waals surface area contributed by atoms with Crippen LogP contribution in [0.1, 0.15) is 18.5 Å². The van der Waals surface area contributed by atoms with Crippen LogP contribution in [-0.2, 0) is 4.79 Å². The second-order valence-corrected chi connectivity index (χ2v) is 6.35. The summed E-state index contributed by atoms with van der Waals surface area (Å²) in [5.74, 6) is 0.409. The molecule has 2 aromatic rings. The molecule has 0 spiro atoms. The quantitative estimate of drug-likeness (QED) is 0.809. The van der Waals surface area contributed by atoms with Gasteiger partial charge in [-0.3, -0.25) is 9.69 Å². The van der Waals surface area contributed by atoms with Crippen LogP contribution in [-0.4, -0.2) is 31.5 Å². The first-order chi connectivity index (χ1) is 11.4. The number of amides is 1. The fourth-order valence-electron chi connectivity index (χ4n) is 2.38. The molecule has 2 aromatic carbocycles. The molecule has 0 bridgehead atoms. The highest BCUT2D eigenvalue weighted by molar-refractivity contribution is 6.31. The Bertz CT molecular complexity index is 722. The van der Waals surface area contributed by atoms with Crippen molar-refractivity contribution in [3.05, 3.63) is 58.1 Å². The highest BCUT2D eigenvalue weighted by Gasteiger charge is 2.17. The Kier molecular flexibility index (Phi) is 6.49. The van der Waals surface area contributed by atoms with Crippen LogP contribution >= 0.6 is 23.2 Å². The zero-order valence-corrected chi connectivity index (χ0v) is 15.4. The van der Waals surface area contributed by atoms with Crippen LogP contribution in [0.2, 0.25) is 10.0 Å². The van der Waals surface area contributed by atoms with E-state index in [4.69, 9.17) is 27.9 Å². The van der Waals surface area contributed by atoms with Crippen LogP contribution in [0.25, 0.3) is 0 Å². The van der Waals surface area contributed by atoms with E-state index in [9.17, 15) is 4.79 Å². The number of ether oxygens (including phenoxy) is 1. The lowest BCUT2D eigenvalue weighted by atomic mass is 10.1. The van der Waals surface area contributed by atoms with Crippen molar-refractivity contribution in [3.63, 3.8) is 0 Å². The molecule has 0 radical (unpaired) electrons. The van der Waals surface area contributed by atoms with Gasteiger partial charge in [0.05, 0.1) is 19.3 Å². The average Bonchev–Trinajstić information content (AvgIpc) is 2.54. The molecule has 24 heavy (non-hydrogen) atoms. The number of carbonyl (C=O) groups is 1. The summed E-state index contributed by atoms with van der Waals surface area (Å²) in [6, 6.07) is 12.7. The van der Waals surface area contributed by atoms with E-state index in [1.54, 1.807) is 25.3 Å². The molecule has 0 saturated heterocycles. The van der Waals surface area contributed by atoms with Crippen LogP contribution < -0.4 is 10.1 Å². The third-order valence-electron chi connectivity index (χ3n) is 3.85. The highest BCUT2D eigenvalue weighted by Crippen LogP contribution is 2.28. The molecule has 128 valence electrons. The third-order valence-corrected chi connectivity index (χ3v) is 4.42. The Labute approximate surface area is 152 Å². The molecule has 0 aliphatic carbocycles. The molecule has 0 saturated carbocycles. The maximum Gasteiger partial charge on any atom is 0.238 e. The number of nitrogens with one attached hydrogen (secondary N) is 1. The smallest absolute Gasteiger partial charge is 0.238 e. The van der Waals surface area contributed by atoms with Gasteiger partial charge in [0, 0.05) is 16.1 Å². The van der Waals surface area contributed by atoms with Crippen molar-refractivity contribution >= 4 is 34.8 Å². The summed E-state index contributed by atoms with van der Waals surface area (Å²) in [4.78, 5) is 14.3. The fraction of sp³-hybridized carbons (Fsp3) is 0.278. The fourth-order valence-corrected chi connectivity index (χ4v) is 2.85. The van der Waals surface area contributed by atoms with E-state index in [1.165, 1.54) is 0 Å². The summed E-state index contributed by atoms with van der Waals surface area (Å²) in [6.07, 6.45) is 0. The Morgan fingerprint density at radius 1 is 1.25 bits per heavy atom. The molecule has 0 fully saturated rings. The molecule has 0 aliphatic rings. The van der Waals surface area contributed by atoms with Crippen LogP contribution in [0.4, 0.5) is 5.69 Å². The van der Waals surface area contributed by atoms with Crippen molar-refractivity contribution in [3.8, 4) is 5.75 Å². The number of likely N-dealkylation sites (N-methyl/N-ethyl adjacent to an activating group) is 1. The molecule has 1 N–H and O–H groups in total. The standard InChI is InChI=1S/C18H20Cl2N2O2/c1-12(14-6-4-5-7-15(14)20)22(2)11-18(23)21-16-10-13(19)8-9-17(16)24-3/h4-10,12H,11H2,1-3H3,(H,21,23). The predicted octanol–water partition coefficient (Wildman–Crippen LogP) is 4.63. The van der Waals surface area contributed by atoms with Gasteiger partial charge in [0.15, 0.2) is 0 Å². The highest BCUT2D eigenvalue weighted by atomic mass is 35.5. The van der Waals surface area contributed by atoms with Crippen molar-refractivity contribution in [2.45, 2.75) is 13.0 Å². The van der Waals surface area contributed by atoms with E-state index in [-0.39, 0.29) is 18.5 Å². The average molecular weight is 367 g/mol. The topological polar surface area (TPSA) is 41.6 Å². The van der Waals surface area contributed by atoms with Crippen molar-refractivity contribution < 1.29 is 9.53 Å². The summed E-state index contributed by atoms with van der Waals surface area (Å²) in [6.45, 7) is 2.22. The lowest BCUT2D eigenvalue weighted by Gasteiger charge is -2.25. The monoisotopic (exact) mass is 366 g/mol. The number of nitrogens with zero attached hydrogens (tertiary/aromatic N) is 1. The second kappa shape index (κ2) is 8.38. The van der Waals surface area contributed by atoms with Crippen LogP contribution in [0, 0.1) is 0 Å². The van der Waals surface area contributed by atoms with E-state index in [0.717, 1.165) is 5.56 Å². The molecular weight excluding hydrogens is 347 g/mol. The molecule has 1 amide bonds. The van der Waals surface area contributed by atoms with Crippen molar-refractivity contribution in [2.75, 3.05) is 26.0 Å². The predicted molar refractivity (Wildman–Crippen MR) is 99.1 cm³/mol. The van der Waals surface area contributed by atoms with Gasteiger partial charge in [0.2, 0.25) is 5.91 Å². The van der Waals surface area contributed by atoms with Gasteiger partial charge in [-0.25, -0.2) is 0 Å². The third kappa shape index (κ3) is 4.63. The van der Waals surface area contributed by atoms with Crippen molar-refractivity contribution in [1.82, 2.24) is 4.90 Å². The Hall–Kier alpha value is -1.75. The largest absolute Gasteiger partial charge is 0.495 e. The van der Waals surface area contributed by atoms with Crippen molar-refractivity contribution in [2.24, 2.45) is 0 Å². The van der Waals surface area contributed by atoms with Gasteiger partial charge >= 0.3 is 0 Å². The first-order valence-corrected chi connectivity index (χ1v) is 8.26. The number of anilines is 1. The normalized spacial score (nSPS) is 12.1. The zero-order valence-electron chi connectivity index (χ0n) is 13.8. The second-order valence-electron chi connectivity index (χ2n) is 5.51. The summed E-state index contributed by atoms with van der Waals surface area (Å²) >= 11 is 12.2. The summed E-state index contributed by atoms with van der Waals surface area (Å²) in [5, 5.41) is 4.05. The van der Waals surface area contributed by atoms with Gasteiger partial charge in [0.25, 0.3) is 0 Å².